The molecular weight excluding hydrogens is 310 g/mol. The van der Waals surface area contributed by atoms with Crippen molar-refractivity contribution in [1.82, 2.24) is 0 Å². The van der Waals surface area contributed by atoms with E-state index in [4.69, 9.17) is 10.00 Å². The van der Waals surface area contributed by atoms with Crippen LogP contribution in [0.4, 0.5) is 11.4 Å². The van der Waals surface area contributed by atoms with Gasteiger partial charge in [0.15, 0.2) is 6.10 Å². The van der Waals surface area contributed by atoms with Crippen LogP contribution >= 0.6 is 0 Å². The Kier molecular flexibility index (Phi) is 5.47. The Morgan fingerprint density at radius 2 is 2.04 bits per heavy atom. The first-order valence-electron chi connectivity index (χ1n) is 7.18. The molecule has 2 aromatic rings. The molecule has 7 heteroatoms. The number of nitro benzene ring substituents is 1. The third-order valence-corrected chi connectivity index (χ3v) is 3.23. The number of nitriles is 1. The van der Waals surface area contributed by atoms with Crippen LogP contribution in [0.3, 0.4) is 0 Å². The third-order valence-electron chi connectivity index (χ3n) is 3.23. The quantitative estimate of drug-likeness (QED) is 0.496. The number of hydrogen-bond donors (Lipinski definition) is 1. The zero-order chi connectivity index (χ0) is 17.5. The number of nitrogens with zero attached hydrogens (tertiary/aromatic N) is 2. The normalized spacial score (nSPS) is 11.2. The summed E-state index contributed by atoms with van der Waals surface area (Å²) in [7, 11) is 0. The van der Waals surface area contributed by atoms with Crippen LogP contribution in [0.15, 0.2) is 48.5 Å². The smallest absolute Gasteiger partial charge is 0.341 e. The van der Waals surface area contributed by atoms with E-state index < -0.39 is 17.0 Å². The van der Waals surface area contributed by atoms with Crippen LogP contribution in [0.1, 0.15) is 22.8 Å². The molecule has 0 aliphatic rings. The average molecular weight is 325 g/mol. The molecule has 0 spiro atoms. The van der Waals surface area contributed by atoms with Crippen LogP contribution in [0.5, 0.6) is 0 Å². The van der Waals surface area contributed by atoms with Gasteiger partial charge in [-0.2, -0.15) is 5.26 Å². The summed E-state index contributed by atoms with van der Waals surface area (Å²) < 4.78 is 4.95. The lowest BCUT2D eigenvalue weighted by Gasteiger charge is -2.12. The van der Waals surface area contributed by atoms with Crippen molar-refractivity contribution in [3.05, 3.63) is 69.8 Å². The highest BCUT2D eigenvalue weighted by molar-refractivity contribution is 5.96. The maximum absolute atomic E-state index is 12.2. The summed E-state index contributed by atoms with van der Waals surface area (Å²) in [5.41, 5.74) is 1.18. The van der Waals surface area contributed by atoms with Gasteiger partial charge >= 0.3 is 5.97 Å². The van der Waals surface area contributed by atoms with Crippen LogP contribution in [0.25, 0.3) is 0 Å². The number of anilines is 1. The lowest BCUT2D eigenvalue weighted by atomic mass is 10.1. The predicted octanol–water partition coefficient (Wildman–Crippen LogP) is 3.28. The van der Waals surface area contributed by atoms with Gasteiger partial charge in [-0.1, -0.05) is 30.3 Å². The molecule has 0 radical (unpaired) electrons. The molecule has 0 saturated heterocycles. The SMILES string of the molecule is C[C@H](C#N)OC(=O)c1cc([N+](=O)[O-])ccc1NCc1ccccc1. The first kappa shape index (κ1) is 17.0. The maximum atomic E-state index is 12.2. The number of carbonyl (C=O) groups excluding carboxylic acids is 1. The standard InChI is InChI=1S/C17H15N3O4/c1-12(10-18)24-17(21)15-9-14(20(22)23)7-8-16(15)19-11-13-5-3-2-4-6-13/h2-9,12,19H,11H2,1H3/t12-/m1/s1. The molecule has 0 fully saturated rings. The number of non-ortho nitro benzene ring substituents is 1. The van der Waals surface area contributed by atoms with Crippen LogP contribution in [-0.4, -0.2) is 17.0 Å². The van der Waals surface area contributed by atoms with E-state index in [0.29, 0.717) is 12.2 Å². The maximum Gasteiger partial charge on any atom is 0.341 e. The lowest BCUT2D eigenvalue weighted by molar-refractivity contribution is -0.384. The number of ether oxygens (including phenoxy) is 1. The average Bonchev–Trinajstić information content (AvgIpc) is 2.60. The van der Waals surface area contributed by atoms with E-state index in [1.54, 1.807) is 6.07 Å². The van der Waals surface area contributed by atoms with E-state index in [9.17, 15) is 14.9 Å². The summed E-state index contributed by atoms with van der Waals surface area (Å²) in [6, 6.07) is 15.2. The fraction of sp³-hybridized carbons (Fsp3) is 0.176. The highest BCUT2D eigenvalue weighted by atomic mass is 16.6. The van der Waals surface area contributed by atoms with Gasteiger partial charge in [-0.3, -0.25) is 10.1 Å². The topological polar surface area (TPSA) is 105 Å². The van der Waals surface area contributed by atoms with Crippen molar-refractivity contribution in [2.24, 2.45) is 0 Å². The molecule has 2 aromatic carbocycles. The second kappa shape index (κ2) is 7.74. The number of nitrogens with one attached hydrogen (secondary N) is 1. The summed E-state index contributed by atoms with van der Waals surface area (Å²) in [4.78, 5) is 22.5. The molecule has 0 aliphatic heterocycles. The van der Waals surface area contributed by atoms with Crippen molar-refractivity contribution < 1.29 is 14.5 Å². The van der Waals surface area contributed by atoms with Crippen molar-refractivity contribution in [3.8, 4) is 6.07 Å². The molecule has 24 heavy (non-hydrogen) atoms. The van der Waals surface area contributed by atoms with E-state index in [-0.39, 0.29) is 11.3 Å². The Morgan fingerprint density at radius 1 is 1.33 bits per heavy atom. The molecule has 0 bridgehead atoms. The fourth-order valence-corrected chi connectivity index (χ4v) is 2.01. The molecule has 1 N–H and O–H groups in total. The minimum atomic E-state index is -0.946. The van der Waals surface area contributed by atoms with E-state index in [0.717, 1.165) is 11.6 Å². The summed E-state index contributed by atoms with van der Waals surface area (Å²) in [5, 5.41) is 22.7. The van der Waals surface area contributed by atoms with E-state index >= 15 is 0 Å². The molecular formula is C17H15N3O4. The zero-order valence-corrected chi connectivity index (χ0v) is 12.9. The number of nitro groups is 1. The number of rotatable bonds is 6. The Hall–Kier alpha value is -3.40. The minimum absolute atomic E-state index is 0.0160. The Morgan fingerprint density at radius 3 is 2.67 bits per heavy atom. The molecule has 0 aliphatic carbocycles. The van der Waals surface area contributed by atoms with E-state index in [1.807, 2.05) is 30.3 Å². The Labute approximate surface area is 138 Å². The molecule has 0 saturated carbocycles. The number of hydrogen-bond acceptors (Lipinski definition) is 6. The van der Waals surface area contributed by atoms with E-state index in [1.165, 1.54) is 19.1 Å². The van der Waals surface area contributed by atoms with Crippen LogP contribution in [0.2, 0.25) is 0 Å². The molecule has 0 unspecified atom stereocenters. The third kappa shape index (κ3) is 4.30. The van der Waals surface area contributed by atoms with Crippen LogP contribution < -0.4 is 5.32 Å². The van der Waals surface area contributed by atoms with Gasteiger partial charge in [0.25, 0.3) is 5.69 Å². The fourth-order valence-electron chi connectivity index (χ4n) is 2.01. The molecule has 2 rings (SSSR count). The van der Waals surface area contributed by atoms with Gasteiger partial charge in [0, 0.05) is 24.4 Å². The highest BCUT2D eigenvalue weighted by Crippen LogP contribution is 2.24. The summed E-state index contributed by atoms with van der Waals surface area (Å²) in [5.74, 6) is -0.789. The molecule has 0 amide bonds. The summed E-state index contributed by atoms with van der Waals surface area (Å²) >= 11 is 0. The molecule has 0 heterocycles. The van der Waals surface area contributed by atoms with Crippen molar-refractivity contribution in [2.45, 2.75) is 19.6 Å². The second-order valence-electron chi connectivity index (χ2n) is 5.00. The second-order valence-corrected chi connectivity index (χ2v) is 5.00. The minimum Gasteiger partial charge on any atom is -0.444 e. The van der Waals surface area contributed by atoms with Gasteiger partial charge in [-0.15, -0.1) is 0 Å². The van der Waals surface area contributed by atoms with Gasteiger partial charge in [-0.25, -0.2) is 4.79 Å². The van der Waals surface area contributed by atoms with Crippen molar-refractivity contribution in [2.75, 3.05) is 5.32 Å². The number of benzene rings is 2. The van der Waals surface area contributed by atoms with Crippen LogP contribution in [0, 0.1) is 21.4 Å². The number of carbonyl (C=O) groups is 1. The molecule has 7 nitrogen and oxygen atoms in total. The van der Waals surface area contributed by atoms with E-state index in [2.05, 4.69) is 5.32 Å². The first-order valence-corrected chi connectivity index (χ1v) is 7.18. The van der Waals surface area contributed by atoms with Gasteiger partial charge in [0.2, 0.25) is 0 Å². The molecule has 0 aromatic heterocycles. The first-order chi connectivity index (χ1) is 11.5. The summed E-state index contributed by atoms with van der Waals surface area (Å²) in [6.07, 6.45) is -0.946. The predicted molar refractivity (Wildman–Crippen MR) is 87.4 cm³/mol. The van der Waals surface area contributed by atoms with Gasteiger partial charge in [-0.05, 0) is 18.6 Å². The Bertz CT molecular complexity index is 784. The van der Waals surface area contributed by atoms with Crippen molar-refractivity contribution in [3.63, 3.8) is 0 Å². The molecule has 122 valence electrons. The van der Waals surface area contributed by atoms with Gasteiger partial charge < -0.3 is 10.1 Å². The molecule has 1 atom stereocenters. The van der Waals surface area contributed by atoms with Crippen LogP contribution in [-0.2, 0) is 11.3 Å². The largest absolute Gasteiger partial charge is 0.444 e. The number of esters is 1. The van der Waals surface area contributed by atoms with Crippen molar-refractivity contribution in [1.29, 1.82) is 5.26 Å². The van der Waals surface area contributed by atoms with Crippen molar-refractivity contribution >= 4 is 17.3 Å². The Balaban J connectivity index is 2.27. The highest BCUT2D eigenvalue weighted by Gasteiger charge is 2.19. The lowest BCUT2D eigenvalue weighted by Crippen LogP contribution is -2.15. The zero-order valence-electron chi connectivity index (χ0n) is 12.9. The van der Waals surface area contributed by atoms with Gasteiger partial charge in [0.1, 0.15) is 6.07 Å². The summed E-state index contributed by atoms with van der Waals surface area (Å²) in [6.45, 7) is 1.86. The monoisotopic (exact) mass is 325 g/mol. The van der Waals surface area contributed by atoms with Gasteiger partial charge in [0.05, 0.1) is 10.5 Å².